The van der Waals surface area contributed by atoms with Crippen LogP contribution < -0.4 is 0 Å². The smallest absolute Gasteiger partial charge is 0.0248 e. The van der Waals surface area contributed by atoms with Gasteiger partial charge in [-0.25, -0.2) is 0 Å². The normalized spacial score (nSPS) is 11.1. The molecule has 12 heavy (non-hydrogen) atoms. The second-order valence-electron chi connectivity index (χ2n) is 2.99. The van der Waals surface area contributed by atoms with Gasteiger partial charge in [0.05, 0.1) is 0 Å². The molecule has 0 saturated heterocycles. The molecule has 66 valence electrons. The third-order valence-electron chi connectivity index (χ3n) is 1.94. The molecule has 1 aromatic carbocycles. The van der Waals surface area contributed by atoms with Gasteiger partial charge < -0.3 is 0 Å². The molecule has 0 spiro atoms. The van der Waals surface area contributed by atoms with Crippen LogP contribution in [0.4, 0.5) is 0 Å². The Morgan fingerprint density at radius 2 is 1.92 bits per heavy atom. The van der Waals surface area contributed by atoms with E-state index >= 15 is 0 Å². The van der Waals surface area contributed by atoms with E-state index in [2.05, 4.69) is 46.3 Å². The van der Waals surface area contributed by atoms with E-state index in [0.717, 1.165) is 0 Å². The summed E-state index contributed by atoms with van der Waals surface area (Å²) in [4.78, 5) is 0. The summed E-state index contributed by atoms with van der Waals surface area (Å²) in [5.41, 5.74) is 1.53. The summed E-state index contributed by atoms with van der Waals surface area (Å²) >= 11 is 3.46. The van der Waals surface area contributed by atoms with Crippen molar-refractivity contribution in [1.82, 2.24) is 0 Å². The Morgan fingerprint density at radius 3 is 2.58 bits per heavy atom. The van der Waals surface area contributed by atoms with Crippen LogP contribution in [0.2, 0.25) is 6.04 Å². The van der Waals surface area contributed by atoms with Crippen molar-refractivity contribution in [1.29, 1.82) is 0 Å². The minimum Gasteiger partial charge on any atom is -0.0928 e. The molecule has 0 saturated carbocycles. The van der Waals surface area contributed by atoms with E-state index in [-0.39, 0.29) is 9.52 Å². The minimum absolute atomic E-state index is 0.172. The van der Waals surface area contributed by atoms with E-state index in [0.29, 0.717) is 0 Å². The lowest BCUT2D eigenvalue weighted by Crippen LogP contribution is -1.96. The molecule has 2 heteroatoms. The summed E-state index contributed by atoms with van der Waals surface area (Å²) in [6, 6.07) is 13.7. The third kappa shape index (κ3) is 4.07. The molecule has 0 heterocycles. The van der Waals surface area contributed by atoms with Gasteiger partial charge >= 0.3 is 0 Å². The summed E-state index contributed by atoms with van der Waals surface area (Å²) in [5.74, 6) is 0. The first-order valence-electron chi connectivity index (χ1n) is 4.53. The highest BCUT2D eigenvalue weighted by Gasteiger charge is 1.91. The molecule has 0 amide bonds. The van der Waals surface area contributed by atoms with E-state index < -0.39 is 0 Å². The fourth-order valence-corrected chi connectivity index (χ4v) is 3.97. The molecule has 0 atom stereocenters. The van der Waals surface area contributed by atoms with E-state index in [1.165, 1.54) is 29.4 Å². The van der Waals surface area contributed by atoms with Crippen LogP contribution in [0.15, 0.2) is 30.3 Å². The maximum atomic E-state index is 3.46. The van der Waals surface area contributed by atoms with Crippen molar-refractivity contribution in [2.24, 2.45) is 0 Å². The van der Waals surface area contributed by atoms with Crippen LogP contribution >= 0.6 is 15.9 Å². The highest BCUT2D eigenvalue weighted by atomic mass is 79.9. The molecular formula is C10H15BrSi. The van der Waals surface area contributed by atoms with Gasteiger partial charge in [0, 0.05) is 14.8 Å². The summed E-state index contributed by atoms with van der Waals surface area (Å²) in [6.45, 7) is 0. The Kier molecular flexibility index (Phi) is 5.36. The molecule has 0 N–H and O–H groups in total. The fourth-order valence-electron chi connectivity index (χ4n) is 1.25. The van der Waals surface area contributed by atoms with Crippen molar-refractivity contribution in [3.8, 4) is 0 Å². The topological polar surface area (TPSA) is 0 Å². The molecule has 0 bridgehead atoms. The molecule has 1 rings (SSSR count). The Balaban J connectivity index is 2.16. The average Bonchev–Trinajstić information content (AvgIpc) is 2.14. The SMILES string of the molecule is BrCCC[SiH2]Cc1ccccc1. The number of rotatable bonds is 5. The van der Waals surface area contributed by atoms with E-state index in [9.17, 15) is 0 Å². The van der Waals surface area contributed by atoms with Crippen LogP contribution in [-0.4, -0.2) is 14.8 Å². The third-order valence-corrected chi connectivity index (χ3v) is 4.43. The molecule has 0 aliphatic heterocycles. The van der Waals surface area contributed by atoms with Crippen LogP contribution in [0.3, 0.4) is 0 Å². The van der Waals surface area contributed by atoms with Crippen LogP contribution in [-0.2, 0) is 6.04 Å². The lowest BCUT2D eigenvalue weighted by molar-refractivity contribution is 1.09. The standard InChI is InChI=1S/C10H15BrSi/c11-7-4-8-12-9-10-5-2-1-3-6-10/h1-3,5-6H,4,7-9,12H2. The van der Waals surface area contributed by atoms with Gasteiger partial charge in [-0.3, -0.25) is 0 Å². The Morgan fingerprint density at radius 1 is 1.17 bits per heavy atom. The van der Waals surface area contributed by atoms with Crippen LogP contribution in [0.25, 0.3) is 0 Å². The summed E-state index contributed by atoms with van der Waals surface area (Å²) in [5, 5.41) is 1.18. The monoisotopic (exact) mass is 242 g/mol. The number of benzene rings is 1. The Labute approximate surface area is 85.3 Å². The summed E-state index contributed by atoms with van der Waals surface area (Å²) in [6.07, 6.45) is 1.36. The lowest BCUT2D eigenvalue weighted by Gasteiger charge is -1.98. The predicted octanol–water partition coefficient (Wildman–Crippen LogP) is 2.56. The molecular weight excluding hydrogens is 228 g/mol. The highest BCUT2D eigenvalue weighted by molar-refractivity contribution is 9.09. The first-order valence-corrected chi connectivity index (χ1v) is 7.65. The summed E-state index contributed by atoms with van der Waals surface area (Å²) < 4.78 is 0. The van der Waals surface area contributed by atoms with Gasteiger partial charge in [-0.2, -0.15) is 0 Å². The zero-order valence-electron chi connectivity index (χ0n) is 7.30. The van der Waals surface area contributed by atoms with Gasteiger partial charge in [-0.1, -0.05) is 57.9 Å². The van der Waals surface area contributed by atoms with Crippen molar-refractivity contribution in [3.05, 3.63) is 35.9 Å². The largest absolute Gasteiger partial charge is 0.0928 e. The number of halogens is 1. The van der Waals surface area contributed by atoms with Crippen molar-refractivity contribution < 1.29 is 0 Å². The van der Waals surface area contributed by atoms with Crippen LogP contribution in [0.5, 0.6) is 0 Å². The van der Waals surface area contributed by atoms with E-state index in [1.807, 2.05) is 0 Å². The first-order chi connectivity index (χ1) is 5.93. The number of alkyl halides is 1. The molecule has 0 nitrogen and oxygen atoms in total. The Bertz CT molecular complexity index is 198. The van der Waals surface area contributed by atoms with E-state index in [1.54, 1.807) is 0 Å². The zero-order chi connectivity index (χ0) is 8.65. The molecule has 1 aromatic rings. The van der Waals surface area contributed by atoms with Crippen molar-refractivity contribution in [2.45, 2.75) is 18.5 Å². The lowest BCUT2D eigenvalue weighted by atomic mass is 10.2. The van der Waals surface area contributed by atoms with Crippen molar-refractivity contribution in [3.63, 3.8) is 0 Å². The minimum atomic E-state index is 0.172. The molecule has 0 fully saturated rings. The second kappa shape index (κ2) is 6.43. The van der Waals surface area contributed by atoms with Gasteiger partial charge in [0.1, 0.15) is 0 Å². The zero-order valence-corrected chi connectivity index (χ0v) is 10.3. The molecule has 0 aliphatic rings. The molecule has 0 radical (unpaired) electrons. The maximum Gasteiger partial charge on any atom is 0.0248 e. The second-order valence-corrected chi connectivity index (χ2v) is 5.69. The van der Waals surface area contributed by atoms with Gasteiger partial charge in [0.15, 0.2) is 0 Å². The predicted molar refractivity (Wildman–Crippen MR) is 61.9 cm³/mol. The van der Waals surface area contributed by atoms with Gasteiger partial charge in [-0.15, -0.1) is 0 Å². The van der Waals surface area contributed by atoms with E-state index in [4.69, 9.17) is 0 Å². The Hall–Kier alpha value is -0.0831. The van der Waals surface area contributed by atoms with Gasteiger partial charge in [-0.05, 0) is 12.5 Å². The van der Waals surface area contributed by atoms with Gasteiger partial charge in [0.25, 0.3) is 0 Å². The summed E-state index contributed by atoms with van der Waals surface area (Å²) in [7, 11) is 0.172. The quantitative estimate of drug-likeness (QED) is 0.423. The first kappa shape index (κ1) is 10.0. The van der Waals surface area contributed by atoms with Crippen molar-refractivity contribution in [2.75, 3.05) is 5.33 Å². The molecule has 0 unspecified atom stereocenters. The number of hydrogen-bond acceptors (Lipinski definition) is 0. The van der Waals surface area contributed by atoms with Crippen LogP contribution in [0, 0.1) is 0 Å². The molecule has 0 aliphatic carbocycles. The van der Waals surface area contributed by atoms with Crippen molar-refractivity contribution >= 4 is 25.4 Å². The van der Waals surface area contributed by atoms with Gasteiger partial charge in [0.2, 0.25) is 0 Å². The average molecular weight is 243 g/mol. The fraction of sp³-hybridized carbons (Fsp3) is 0.400. The van der Waals surface area contributed by atoms with Crippen LogP contribution in [0.1, 0.15) is 12.0 Å². The molecule has 0 aromatic heterocycles. The highest BCUT2D eigenvalue weighted by Crippen LogP contribution is 2.01. The maximum absolute atomic E-state index is 3.46. The number of hydrogen-bond donors (Lipinski definition) is 0.